The second kappa shape index (κ2) is 5.69. The second-order valence-electron chi connectivity index (χ2n) is 4.64. The van der Waals surface area contributed by atoms with Crippen LogP contribution in [0.25, 0.3) is 0 Å². The van der Waals surface area contributed by atoms with Crippen LogP contribution in [0.3, 0.4) is 0 Å². The van der Waals surface area contributed by atoms with Crippen LogP contribution < -0.4 is 0 Å². The smallest absolute Gasteiger partial charge is 0.339 e. The maximum absolute atomic E-state index is 11.2. The van der Waals surface area contributed by atoms with E-state index in [-0.39, 0.29) is 0 Å². The maximum Gasteiger partial charge on any atom is 0.339 e. The molecule has 0 aliphatic rings. The zero-order valence-corrected chi connectivity index (χ0v) is 11.3. The van der Waals surface area contributed by atoms with Crippen molar-refractivity contribution < 1.29 is 9.90 Å². The van der Waals surface area contributed by atoms with Crippen molar-refractivity contribution in [1.29, 1.82) is 0 Å². The van der Waals surface area contributed by atoms with E-state index < -0.39 is 5.97 Å². The summed E-state index contributed by atoms with van der Waals surface area (Å²) in [6.07, 6.45) is 3.08. The molecule has 0 saturated carbocycles. The van der Waals surface area contributed by atoms with Crippen LogP contribution in [0.5, 0.6) is 0 Å². The monoisotopic (exact) mass is 258 g/mol. The standard InChI is InChI=1S/C15H18N2O2/c1-3-6-14-13(15(18)19)9-16-17(14)10-12-8-5-4-7-11(12)2/h4-5,7-9H,3,6,10H2,1-2H3,(H,18,19). The van der Waals surface area contributed by atoms with E-state index in [4.69, 9.17) is 0 Å². The van der Waals surface area contributed by atoms with Crippen molar-refractivity contribution in [3.8, 4) is 0 Å². The number of aromatic carboxylic acids is 1. The van der Waals surface area contributed by atoms with Gasteiger partial charge >= 0.3 is 5.97 Å². The van der Waals surface area contributed by atoms with Gasteiger partial charge in [-0.2, -0.15) is 5.10 Å². The van der Waals surface area contributed by atoms with Crippen molar-refractivity contribution in [2.75, 3.05) is 0 Å². The summed E-state index contributed by atoms with van der Waals surface area (Å²) in [7, 11) is 0. The van der Waals surface area contributed by atoms with Crippen molar-refractivity contribution >= 4 is 5.97 Å². The van der Waals surface area contributed by atoms with E-state index in [1.807, 2.05) is 25.1 Å². The van der Waals surface area contributed by atoms with Crippen LogP contribution >= 0.6 is 0 Å². The van der Waals surface area contributed by atoms with Crippen LogP contribution in [-0.2, 0) is 13.0 Å². The van der Waals surface area contributed by atoms with Crippen LogP contribution in [0.2, 0.25) is 0 Å². The summed E-state index contributed by atoms with van der Waals surface area (Å²) < 4.78 is 1.80. The largest absolute Gasteiger partial charge is 0.478 e. The minimum Gasteiger partial charge on any atom is -0.478 e. The Bertz CT molecular complexity index is 588. The fraction of sp³-hybridized carbons (Fsp3) is 0.333. The molecular formula is C15H18N2O2. The summed E-state index contributed by atoms with van der Waals surface area (Å²) in [5.41, 5.74) is 3.48. The number of hydrogen-bond acceptors (Lipinski definition) is 2. The highest BCUT2D eigenvalue weighted by Crippen LogP contribution is 2.15. The highest BCUT2D eigenvalue weighted by Gasteiger charge is 2.16. The van der Waals surface area contributed by atoms with Crippen molar-refractivity contribution in [1.82, 2.24) is 9.78 Å². The Morgan fingerprint density at radius 1 is 1.37 bits per heavy atom. The first kappa shape index (κ1) is 13.3. The molecule has 0 spiro atoms. The zero-order chi connectivity index (χ0) is 13.8. The Hall–Kier alpha value is -2.10. The van der Waals surface area contributed by atoms with Crippen LogP contribution in [0.1, 0.15) is 40.5 Å². The average molecular weight is 258 g/mol. The number of benzene rings is 1. The number of carboxylic acid groups (broad SMARTS) is 1. The first-order valence-corrected chi connectivity index (χ1v) is 6.46. The molecule has 2 aromatic rings. The third-order valence-electron chi connectivity index (χ3n) is 3.25. The minimum atomic E-state index is -0.903. The summed E-state index contributed by atoms with van der Waals surface area (Å²) in [6.45, 7) is 4.71. The van der Waals surface area contributed by atoms with Gasteiger partial charge in [-0.1, -0.05) is 37.6 Å². The van der Waals surface area contributed by atoms with Gasteiger partial charge in [-0.05, 0) is 24.5 Å². The Labute approximate surface area is 112 Å². The van der Waals surface area contributed by atoms with E-state index in [9.17, 15) is 9.90 Å². The van der Waals surface area contributed by atoms with Crippen LogP contribution in [0, 0.1) is 6.92 Å². The van der Waals surface area contributed by atoms with Gasteiger partial charge in [-0.25, -0.2) is 4.79 Å². The minimum absolute atomic E-state index is 0.315. The van der Waals surface area contributed by atoms with Crippen LogP contribution in [0.15, 0.2) is 30.5 Å². The van der Waals surface area contributed by atoms with Gasteiger partial charge in [-0.3, -0.25) is 4.68 Å². The quantitative estimate of drug-likeness (QED) is 0.897. The molecule has 0 aliphatic heterocycles. The zero-order valence-electron chi connectivity index (χ0n) is 11.3. The molecule has 4 heteroatoms. The van der Waals surface area contributed by atoms with Gasteiger partial charge in [-0.15, -0.1) is 0 Å². The third-order valence-corrected chi connectivity index (χ3v) is 3.25. The molecule has 0 aliphatic carbocycles. The van der Waals surface area contributed by atoms with Gasteiger partial charge in [0.15, 0.2) is 0 Å². The molecular weight excluding hydrogens is 240 g/mol. The van der Waals surface area contributed by atoms with Crippen molar-refractivity contribution in [3.63, 3.8) is 0 Å². The number of aryl methyl sites for hydroxylation is 1. The summed E-state index contributed by atoms with van der Waals surface area (Å²) in [4.78, 5) is 11.2. The Kier molecular flexibility index (Phi) is 4.00. The molecule has 1 aromatic heterocycles. The molecule has 0 unspecified atom stereocenters. The number of hydrogen-bond donors (Lipinski definition) is 1. The molecule has 0 radical (unpaired) electrons. The first-order chi connectivity index (χ1) is 9.13. The summed E-state index contributed by atoms with van der Waals surface area (Å²) >= 11 is 0. The molecule has 0 bridgehead atoms. The van der Waals surface area contributed by atoms with Crippen molar-refractivity contribution in [2.45, 2.75) is 33.2 Å². The Morgan fingerprint density at radius 3 is 2.74 bits per heavy atom. The van der Waals surface area contributed by atoms with E-state index in [0.717, 1.165) is 18.5 Å². The summed E-state index contributed by atoms with van der Waals surface area (Å²) in [6, 6.07) is 8.09. The van der Waals surface area contributed by atoms with E-state index >= 15 is 0 Å². The van der Waals surface area contributed by atoms with Crippen LogP contribution in [-0.4, -0.2) is 20.9 Å². The van der Waals surface area contributed by atoms with E-state index in [0.29, 0.717) is 12.1 Å². The van der Waals surface area contributed by atoms with E-state index in [1.165, 1.54) is 17.3 Å². The first-order valence-electron chi connectivity index (χ1n) is 6.46. The van der Waals surface area contributed by atoms with E-state index in [1.54, 1.807) is 4.68 Å². The average Bonchev–Trinajstić information content (AvgIpc) is 2.76. The Balaban J connectivity index is 2.35. The Morgan fingerprint density at radius 2 is 2.11 bits per heavy atom. The lowest BCUT2D eigenvalue weighted by molar-refractivity contribution is 0.0695. The predicted molar refractivity (Wildman–Crippen MR) is 73.5 cm³/mol. The molecule has 0 amide bonds. The van der Waals surface area contributed by atoms with Gasteiger partial charge < -0.3 is 5.11 Å². The lowest BCUT2D eigenvalue weighted by Crippen LogP contribution is -2.10. The predicted octanol–water partition coefficient (Wildman–Crippen LogP) is 2.89. The third kappa shape index (κ3) is 2.84. The topological polar surface area (TPSA) is 55.1 Å². The van der Waals surface area contributed by atoms with Gasteiger partial charge in [0.2, 0.25) is 0 Å². The highest BCUT2D eigenvalue weighted by molar-refractivity contribution is 5.88. The second-order valence-corrected chi connectivity index (χ2v) is 4.64. The van der Waals surface area contributed by atoms with Crippen molar-refractivity contribution in [2.24, 2.45) is 0 Å². The lowest BCUT2D eigenvalue weighted by Gasteiger charge is -2.10. The fourth-order valence-electron chi connectivity index (χ4n) is 2.17. The molecule has 2 rings (SSSR count). The van der Waals surface area contributed by atoms with Crippen molar-refractivity contribution in [3.05, 3.63) is 52.8 Å². The number of carboxylic acids is 1. The van der Waals surface area contributed by atoms with Gasteiger partial charge in [0.25, 0.3) is 0 Å². The van der Waals surface area contributed by atoms with Crippen LogP contribution in [0.4, 0.5) is 0 Å². The van der Waals surface area contributed by atoms with Gasteiger partial charge in [0.1, 0.15) is 5.56 Å². The molecule has 0 fully saturated rings. The molecule has 1 heterocycles. The summed E-state index contributed by atoms with van der Waals surface area (Å²) in [5.74, 6) is -0.903. The number of aromatic nitrogens is 2. The lowest BCUT2D eigenvalue weighted by atomic mass is 10.1. The number of carbonyl (C=O) groups is 1. The number of nitrogens with zero attached hydrogens (tertiary/aromatic N) is 2. The molecule has 0 saturated heterocycles. The molecule has 0 atom stereocenters. The van der Waals surface area contributed by atoms with E-state index in [2.05, 4.69) is 18.1 Å². The van der Waals surface area contributed by atoms with Gasteiger partial charge in [0, 0.05) is 0 Å². The van der Waals surface area contributed by atoms with Gasteiger partial charge in [0.05, 0.1) is 18.4 Å². The highest BCUT2D eigenvalue weighted by atomic mass is 16.4. The molecule has 19 heavy (non-hydrogen) atoms. The normalized spacial score (nSPS) is 10.6. The molecule has 4 nitrogen and oxygen atoms in total. The molecule has 100 valence electrons. The molecule has 1 aromatic carbocycles. The SMILES string of the molecule is CCCc1c(C(=O)O)cnn1Cc1ccccc1C. The maximum atomic E-state index is 11.2. The number of rotatable bonds is 5. The fourth-order valence-corrected chi connectivity index (χ4v) is 2.17. The molecule has 1 N–H and O–H groups in total. The summed E-state index contributed by atoms with van der Waals surface area (Å²) in [5, 5.41) is 13.4.